The van der Waals surface area contributed by atoms with E-state index in [0.29, 0.717) is 12.3 Å². The summed E-state index contributed by atoms with van der Waals surface area (Å²) in [7, 11) is 1.50. The number of nitrogens with zero attached hydrogens (tertiary/aromatic N) is 1. The molecule has 0 spiro atoms. The SMILES string of the molecule is C=C(CCOC(O)O)CC1C=C=C(C2=c3ccc(=C(CC)CC)cc3Oc3cc(N(CC)CC)ccc32)CC1.CN.[HH].[HH]. The molecule has 1 atom stereocenters. The van der Waals surface area contributed by atoms with Gasteiger partial charge in [0.2, 0.25) is 0 Å². The Hall–Kier alpha value is -3.12. The number of nitrogens with two attached hydrogens (primary N) is 1. The number of allylic oxidation sites excluding steroid dienone is 1. The lowest BCUT2D eigenvalue weighted by Gasteiger charge is -2.27. The van der Waals surface area contributed by atoms with Gasteiger partial charge in [-0.1, -0.05) is 37.6 Å². The van der Waals surface area contributed by atoms with Gasteiger partial charge in [-0.2, -0.15) is 0 Å². The van der Waals surface area contributed by atoms with Crippen molar-refractivity contribution in [1.82, 2.24) is 0 Å². The molecule has 2 aliphatic rings. The first-order chi connectivity index (χ1) is 19.9. The molecule has 226 valence electrons. The first-order valence-electron chi connectivity index (χ1n) is 15.0. The Balaban J connectivity index is 0.00000226. The lowest BCUT2D eigenvalue weighted by molar-refractivity contribution is -0.233. The van der Waals surface area contributed by atoms with Gasteiger partial charge in [0.25, 0.3) is 6.48 Å². The fraction of sp³-hybridized carbons (Fsp3) is 0.457. The molecule has 1 aliphatic heterocycles. The fourth-order valence-electron chi connectivity index (χ4n) is 5.71. The number of rotatable bonds is 12. The van der Waals surface area contributed by atoms with Crippen molar-refractivity contribution >= 4 is 16.8 Å². The molecule has 0 radical (unpaired) electrons. The van der Waals surface area contributed by atoms with Gasteiger partial charge in [0.05, 0.1) is 6.61 Å². The van der Waals surface area contributed by atoms with E-state index in [-0.39, 0.29) is 9.46 Å². The first-order valence-corrected chi connectivity index (χ1v) is 15.0. The molecule has 6 nitrogen and oxygen atoms in total. The molecular formula is C35H52N2O4. The van der Waals surface area contributed by atoms with Gasteiger partial charge in [0.1, 0.15) is 11.5 Å². The number of hydrogen-bond donors (Lipinski definition) is 3. The van der Waals surface area contributed by atoms with E-state index in [0.717, 1.165) is 73.0 Å². The number of aliphatic hydroxyl groups is 2. The highest BCUT2D eigenvalue weighted by Gasteiger charge is 2.24. The number of anilines is 1. The van der Waals surface area contributed by atoms with Crippen LogP contribution in [0.15, 0.2) is 65.9 Å². The molecule has 1 unspecified atom stereocenters. The van der Waals surface area contributed by atoms with E-state index in [2.05, 4.69) is 93.1 Å². The average molecular weight is 565 g/mol. The van der Waals surface area contributed by atoms with Crippen LogP contribution in [0.4, 0.5) is 5.69 Å². The van der Waals surface area contributed by atoms with Crippen LogP contribution in [0.25, 0.3) is 11.1 Å². The highest BCUT2D eigenvalue weighted by molar-refractivity contribution is 5.85. The molecule has 6 heteroatoms. The van der Waals surface area contributed by atoms with Gasteiger partial charge in [-0.15, -0.1) is 5.73 Å². The lowest BCUT2D eigenvalue weighted by Crippen LogP contribution is -2.24. The minimum atomic E-state index is -1.73. The molecular weight excluding hydrogens is 512 g/mol. The number of hydrogen-bond acceptors (Lipinski definition) is 6. The van der Waals surface area contributed by atoms with E-state index < -0.39 is 6.48 Å². The Kier molecular flexibility index (Phi) is 12.5. The van der Waals surface area contributed by atoms with Crippen molar-refractivity contribution in [3.05, 3.63) is 81.9 Å². The first kappa shape index (κ1) is 32.4. The van der Waals surface area contributed by atoms with Crippen LogP contribution in [-0.2, 0) is 4.74 Å². The van der Waals surface area contributed by atoms with Gasteiger partial charge < -0.3 is 30.3 Å². The predicted octanol–water partition coefficient (Wildman–Crippen LogP) is 5.99. The van der Waals surface area contributed by atoms with Crippen molar-refractivity contribution in [2.75, 3.05) is 31.6 Å². The van der Waals surface area contributed by atoms with Crippen LogP contribution < -0.4 is 25.8 Å². The van der Waals surface area contributed by atoms with Crippen molar-refractivity contribution < 1.29 is 22.5 Å². The van der Waals surface area contributed by atoms with Crippen LogP contribution in [0.1, 0.15) is 74.6 Å². The number of benzene rings is 2. The monoisotopic (exact) mass is 564 g/mol. The summed E-state index contributed by atoms with van der Waals surface area (Å²) < 4.78 is 11.5. The third-order valence-electron chi connectivity index (χ3n) is 7.93. The summed E-state index contributed by atoms with van der Waals surface area (Å²) in [4.78, 5) is 2.35. The second-order valence-corrected chi connectivity index (χ2v) is 10.3. The summed E-state index contributed by atoms with van der Waals surface area (Å²) in [6.07, 6.45) is 7.64. The lowest BCUT2D eigenvalue weighted by atomic mass is 9.83. The molecule has 0 saturated heterocycles. The maximum Gasteiger partial charge on any atom is 0.266 e. The topological polar surface area (TPSA) is 88.2 Å². The van der Waals surface area contributed by atoms with Gasteiger partial charge >= 0.3 is 0 Å². The third-order valence-corrected chi connectivity index (χ3v) is 7.93. The molecule has 0 amide bonds. The zero-order valence-corrected chi connectivity index (χ0v) is 25.5. The minimum Gasteiger partial charge on any atom is -0.456 e. The van der Waals surface area contributed by atoms with Crippen LogP contribution in [0.5, 0.6) is 11.5 Å². The predicted molar refractivity (Wildman–Crippen MR) is 173 cm³/mol. The zero-order chi connectivity index (χ0) is 29.9. The zero-order valence-electron chi connectivity index (χ0n) is 25.5. The van der Waals surface area contributed by atoms with Gasteiger partial charge in [0, 0.05) is 49.6 Å². The second-order valence-electron chi connectivity index (χ2n) is 10.3. The molecule has 2 aromatic carbocycles. The maximum absolute atomic E-state index is 8.88. The summed E-state index contributed by atoms with van der Waals surface area (Å²) in [5.41, 5.74) is 15.4. The maximum atomic E-state index is 8.88. The molecule has 2 aromatic rings. The van der Waals surface area contributed by atoms with E-state index in [4.69, 9.17) is 19.7 Å². The molecule has 4 rings (SSSR count). The van der Waals surface area contributed by atoms with Crippen molar-refractivity contribution in [1.29, 1.82) is 0 Å². The van der Waals surface area contributed by atoms with Gasteiger partial charge in [-0.25, -0.2) is 0 Å². The van der Waals surface area contributed by atoms with Crippen molar-refractivity contribution in [3.8, 4) is 11.5 Å². The van der Waals surface area contributed by atoms with Crippen LogP contribution >= 0.6 is 0 Å². The normalized spacial score (nSPS) is 15.3. The van der Waals surface area contributed by atoms with Crippen LogP contribution in [0.2, 0.25) is 0 Å². The molecule has 4 N–H and O–H groups in total. The number of aliphatic hydroxyl groups excluding tert-OH is 1. The third kappa shape index (κ3) is 8.00. The van der Waals surface area contributed by atoms with Crippen LogP contribution in [0.3, 0.4) is 0 Å². The Morgan fingerprint density at radius 2 is 1.83 bits per heavy atom. The Bertz CT molecular complexity index is 1390. The number of ether oxygens (including phenoxy) is 2. The highest BCUT2D eigenvalue weighted by atomic mass is 16.7. The standard InChI is InChI=1S/C34H43NO4.CH5N.2H2/c1-6-25(7-2)27-14-16-29-31(21-27)39-32-22-28(35(8-3)9-4)15-17-30(32)33(29)26-12-10-24(11-13-26)20-23(5)18-19-38-34(36)37;1-2;;/h10,14-17,21-22,24,34,36-37H,5-9,11,13,18-20H2,1-4H3;2H2,1H3;2*1H. The Morgan fingerprint density at radius 1 is 1.10 bits per heavy atom. The van der Waals surface area contributed by atoms with E-state index in [1.165, 1.54) is 34.7 Å². The van der Waals surface area contributed by atoms with Crippen molar-refractivity contribution in [3.63, 3.8) is 0 Å². The summed E-state index contributed by atoms with van der Waals surface area (Å²) in [5, 5.41) is 20.2. The smallest absolute Gasteiger partial charge is 0.266 e. The second kappa shape index (κ2) is 15.8. The van der Waals surface area contributed by atoms with E-state index in [1.807, 2.05) is 0 Å². The average Bonchev–Trinajstić information content (AvgIpc) is 2.98. The minimum absolute atomic E-state index is 0. The molecule has 0 bridgehead atoms. The quantitative estimate of drug-likeness (QED) is 0.167. The van der Waals surface area contributed by atoms with Gasteiger partial charge in [-0.3, -0.25) is 0 Å². The van der Waals surface area contributed by atoms with E-state index >= 15 is 0 Å². The number of fused-ring (bicyclic) bond motifs is 2. The largest absolute Gasteiger partial charge is 0.456 e. The van der Waals surface area contributed by atoms with Crippen LogP contribution in [0, 0.1) is 5.92 Å². The summed E-state index contributed by atoms with van der Waals surface area (Å²) >= 11 is 0. The van der Waals surface area contributed by atoms with E-state index in [1.54, 1.807) is 0 Å². The highest BCUT2D eigenvalue weighted by Crippen LogP contribution is 2.40. The molecule has 1 heterocycles. The summed E-state index contributed by atoms with van der Waals surface area (Å²) in [5.74, 6) is 2.19. The van der Waals surface area contributed by atoms with Crippen molar-refractivity contribution in [2.24, 2.45) is 11.7 Å². The van der Waals surface area contributed by atoms with Gasteiger partial charge in [0.15, 0.2) is 0 Å². The molecule has 0 fully saturated rings. The molecule has 41 heavy (non-hydrogen) atoms. The summed E-state index contributed by atoms with van der Waals surface area (Å²) in [6.45, 7) is 13.4. The molecule has 0 saturated carbocycles. The van der Waals surface area contributed by atoms with Crippen molar-refractivity contribution in [2.45, 2.75) is 72.7 Å². The molecule has 0 aromatic heterocycles. The Morgan fingerprint density at radius 3 is 2.44 bits per heavy atom. The van der Waals surface area contributed by atoms with Gasteiger partial charge in [-0.05, 0) is 101 Å². The fourth-order valence-corrected chi connectivity index (χ4v) is 5.71. The Labute approximate surface area is 248 Å². The molecule has 1 aliphatic carbocycles. The summed E-state index contributed by atoms with van der Waals surface area (Å²) in [6, 6.07) is 13.3. The van der Waals surface area contributed by atoms with Crippen LogP contribution in [-0.4, -0.2) is 43.4 Å². The van der Waals surface area contributed by atoms with E-state index in [9.17, 15) is 0 Å².